The van der Waals surface area contributed by atoms with Gasteiger partial charge in [0.15, 0.2) is 0 Å². The number of aromatic nitrogens is 1. The molecule has 196 valence electrons. The lowest BCUT2D eigenvalue weighted by molar-refractivity contribution is 0.348. The maximum Gasteiger partial charge on any atom is 0.114 e. The minimum Gasteiger partial charge on any atom is -0.329 e. The van der Waals surface area contributed by atoms with Crippen molar-refractivity contribution in [3.63, 3.8) is 0 Å². The summed E-state index contributed by atoms with van der Waals surface area (Å²) in [4.78, 5) is 9.77. The van der Waals surface area contributed by atoms with E-state index < -0.39 is 0 Å². The molecule has 0 radical (unpaired) electrons. The summed E-state index contributed by atoms with van der Waals surface area (Å²) in [6.07, 6.45) is 10.6. The highest BCUT2D eigenvalue weighted by Gasteiger charge is 2.30. The average Bonchev–Trinajstić information content (AvgIpc) is 3.06. The maximum absolute atomic E-state index is 4.98. The molecule has 0 unspecified atom stereocenters. The van der Waals surface area contributed by atoms with Gasteiger partial charge in [-0.3, -0.25) is 4.98 Å². The fraction of sp³-hybridized carbons (Fsp3) is 0.306. The van der Waals surface area contributed by atoms with Gasteiger partial charge in [-0.05, 0) is 77.6 Å². The number of aryl methyl sites for hydroxylation is 1. The Morgan fingerprint density at radius 1 is 0.846 bits per heavy atom. The molecule has 3 nitrogen and oxygen atoms in total. The van der Waals surface area contributed by atoms with Crippen molar-refractivity contribution in [1.82, 2.24) is 4.98 Å². The van der Waals surface area contributed by atoms with Crippen LogP contribution in [0.2, 0.25) is 0 Å². The van der Waals surface area contributed by atoms with Gasteiger partial charge >= 0.3 is 0 Å². The number of hydrogen-bond donors (Lipinski definition) is 0. The molecule has 0 atom stereocenters. The van der Waals surface area contributed by atoms with Crippen LogP contribution in [0.5, 0.6) is 0 Å². The van der Waals surface area contributed by atoms with E-state index in [4.69, 9.17) is 4.98 Å². The fourth-order valence-electron chi connectivity index (χ4n) is 6.86. The number of rotatable bonds is 3. The molecule has 39 heavy (non-hydrogen) atoms. The standard InChI is InChI=1S/C36H37N3/c1-24-11-15-27(16-12-24)28-17-13-26(14-18-28)19-30-21-32-31-9-4-5-10-34(31)39-23-33-25(2)7-6-8-29(33)20-36(39)38(3)35(32)22-37-30/h4-10,13-14,17-18,20-22,24,27H,11-12,15-16,19,23H2,1-3H3. The van der Waals surface area contributed by atoms with Crippen LogP contribution in [-0.4, -0.2) is 12.0 Å². The van der Waals surface area contributed by atoms with Crippen LogP contribution < -0.4 is 9.80 Å². The van der Waals surface area contributed by atoms with Crippen LogP contribution in [0.25, 0.3) is 17.2 Å². The summed E-state index contributed by atoms with van der Waals surface area (Å²) >= 11 is 0. The molecular formula is C36H37N3. The van der Waals surface area contributed by atoms with Crippen molar-refractivity contribution in [2.24, 2.45) is 5.92 Å². The molecule has 3 aromatic carbocycles. The van der Waals surface area contributed by atoms with Crippen LogP contribution in [0.3, 0.4) is 0 Å². The van der Waals surface area contributed by atoms with Crippen molar-refractivity contribution in [3.8, 4) is 11.1 Å². The van der Waals surface area contributed by atoms with Crippen molar-refractivity contribution in [3.05, 3.63) is 118 Å². The first-order valence-electron chi connectivity index (χ1n) is 14.5. The van der Waals surface area contributed by atoms with Crippen LogP contribution >= 0.6 is 0 Å². The Hall–Kier alpha value is -3.85. The summed E-state index contributed by atoms with van der Waals surface area (Å²) in [6.45, 7) is 5.49. The van der Waals surface area contributed by atoms with Gasteiger partial charge in [0.1, 0.15) is 5.82 Å². The molecule has 0 bridgehead atoms. The van der Waals surface area contributed by atoms with Crippen LogP contribution in [0.4, 0.5) is 11.4 Å². The number of benzene rings is 3. The Morgan fingerprint density at radius 3 is 2.46 bits per heavy atom. The van der Waals surface area contributed by atoms with Gasteiger partial charge in [-0.1, -0.05) is 80.4 Å². The first-order chi connectivity index (χ1) is 19.0. The van der Waals surface area contributed by atoms with E-state index in [1.165, 1.54) is 76.1 Å². The van der Waals surface area contributed by atoms with E-state index in [0.717, 1.165) is 36.2 Å². The average molecular weight is 512 g/mol. The number of nitrogens with zero attached hydrogens (tertiary/aromatic N) is 3. The monoisotopic (exact) mass is 511 g/mol. The maximum atomic E-state index is 4.98. The third-order valence-corrected chi connectivity index (χ3v) is 9.31. The summed E-state index contributed by atoms with van der Waals surface area (Å²) in [6, 6.07) is 27.2. The molecule has 0 spiro atoms. The number of hydrogen-bond acceptors (Lipinski definition) is 3. The fourth-order valence-corrected chi connectivity index (χ4v) is 6.86. The molecule has 3 aliphatic rings. The van der Waals surface area contributed by atoms with E-state index in [0.29, 0.717) is 0 Å². The Morgan fingerprint density at radius 2 is 1.64 bits per heavy atom. The van der Waals surface area contributed by atoms with E-state index in [1.54, 1.807) is 0 Å². The first kappa shape index (κ1) is 24.2. The Kier molecular flexibility index (Phi) is 6.03. The van der Waals surface area contributed by atoms with E-state index in [-0.39, 0.29) is 0 Å². The zero-order chi connectivity index (χ0) is 26.5. The highest BCUT2D eigenvalue weighted by Crippen LogP contribution is 2.46. The molecule has 1 saturated carbocycles. The van der Waals surface area contributed by atoms with E-state index in [2.05, 4.69) is 116 Å². The van der Waals surface area contributed by atoms with Gasteiger partial charge in [-0.2, -0.15) is 0 Å². The van der Waals surface area contributed by atoms with Gasteiger partial charge in [-0.15, -0.1) is 0 Å². The second kappa shape index (κ2) is 9.72. The summed E-state index contributed by atoms with van der Waals surface area (Å²) in [5, 5.41) is 0. The first-order valence-corrected chi connectivity index (χ1v) is 14.5. The molecule has 3 heteroatoms. The smallest absolute Gasteiger partial charge is 0.114 e. The van der Waals surface area contributed by atoms with Crippen LogP contribution in [0.15, 0.2) is 84.8 Å². The third-order valence-electron chi connectivity index (χ3n) is 9.31. The van der Waals surface area contributed by atoms with Crippen molar-refractivity contribution >= 4 is 17.5 Å². The quantitative estimate of drug-likeness (QED) is 0.274. The highest BCUT2D eigenvalue weighted by atomic mass is 15.3. The van der Waals surface area contributed by atoms with Crippen molar-refractivity contribution < 1.29 is 0 Å². The summed E-state index contributed by atoms with van der Waals surface area (Å²) in [5.41, 5.74) is 12.9. The predicted octanol–water partition coefficient (Wildman–Crippen LogP) is 8.71. The molecule has 0 N–H and O–H groups in total. The lowest BCUT2D eigenvalue weighted by atomic mass is 9.79. The van der Waals surface area contributed by atoms with Crippen LogP contribution in [0, 0.1) is 12.8 Å². The third kappa shape index (κ3) is 4.34. The summed E-state index contributed by atoms with van der Waals surface area (Å²) in [5.74, 6) is 2.82. The van der Waals surface area contributed by atoms with Crippen LogP contribution in [-0.2, 0) is 13.0 Å². The lowest BCUT2D eigenvalue weighted by Crippen LogP contribution is -2.34. The minimum absolute atomic E-state index is 0.732. The molecule has 4 aromatic rings. The van der Waals surface area contributed by atoms with Gasteiger partial charge < -0.3 is 9.80 Å². The van der Waals surface area contributed by atoms with Crippen molar-refractivity contribution in [2.75, 3.05) is 16.8 Å². The summed E-state index contributed by atoms with van der Waals surface area (Å²) in [7, 11) is 2.18. The molecule has 3 heterocycles. The number of fused-ring (bicyclic) bond motifs is 6. The molecule has 0 saturated heterocycles. The predicted molar refractivity (Wildman–Crippen MR) is 163 cm³/mol. The van der Waals surface area contributed by atoms with Crippen LogP contribution in [0.1, 0.15) is 72.0 Å². The second-order valence-corrected chi connectivity index (χ2v) is 11.9. The van der Waals surface area contributed by atoms with Gasteiger partial charge in [0.2, 0.25) is 0 Å². The SMILES string of the molecule is Cc1cccc2c1CN1C(=C2)N(C)c2cnc(Cc3ccc(C4CCC(C)CC4)cc3)cc2-c2ccccc21. The minimum atomic E-state index is 0.732. The van der Waals surface area contributed by atoms with Gasteiger partial charge in [0.05, 0.1) is 24.1 Å². The Balaban J connectivity index is 1.23. The van der Waals surface area contributed by atoms with Gasteiger partial charge in [0.25, 0.3) is 0 Å². The van der Waals surface area contributed by atoms with Crippen molar-refractivity contribution in [1.29, 1.82) is 0 Å². The summed E-state index contributed by atoms with van der Waals surface area (Å²) < 4.78 is 0. The number of pyridine rings is 1. The van der Waals surface area contributed by atoms with E-state index in [9.17, 15) is 0 Å². The van der Waals surface area contributed by atoms with Gasteiger partial charge in [-0.25, -0.2) is 0 Å². The largest absolute Gasteiger partial charge is 0.329 e. The number of anilines is 2. The van der Waals surface area contributed by atoms with E-state index >= 15 is 0 Å². The Labute approximate surface area is 232 Å². The molecule has 7 rings (SSSR count). The zero-order valence-corrected chi connectivity index (χ0v) is 23.3. The molecule has 1 aromatic heterocycles. The van der Waals surface area contributed by atoms with E-state index in [1.807, 2.05) is 0 Å². The molecule has 1 fully saturated rings. The lowest BCUT2D eigenvalue weighted by Gasteiger charge is -2.36. The van der Waals surface area contributed by atoms with Gasteiger partial charge in [0, 0.05) is 30.3 Å². The van der Waals surface area contributed by atoms with Crippen molar-refractivity contribution in [2.45, 2.75) is 58.4 Å². The molecule has 0 amide bonds. The highest BCUT2D eigenvalue weighted by molar-refractivity contribution is 5.93. The zero-order valence-electron chi connectivity index (χ0n) is 23.3. The normalized spacial score (nSPS) is 19.8. The molecular weight excluding hydrogens is 474 g/mol. The molecule has 1 aliphatic carbocycles. The topological polar surface area (TPSA) is 19.4 Å². The Bertz CT molecular complexity index is 1560. The molecule has 2 aliphatic heterocycles. The number of para-hydroxylation sites is 1. The second-order valence-electron chi connectivity index (χ2n) is 11.9.